The van der Waals surface area contributed by atoms with Gasteiger partial charge in [0.1, 0.15) is 0 Å². The van der Waals surface area contributed by atoms with Gasteiger partial charge in [0.05, 0.1) is 0 Å². The van der Waals surface area contributed by atoms with Gasteiger partial charge in [0, 0.05) is 6.26 Å². The van der Waals surface area contributed by atoms with Crippen LogP contribution in [0.4, 0.5) is 0 Å². The summed E-state index contributed by atoms with van der Waals surface area (Å²) in [5.74, 6) is -1.47. The van der Waals surface area contributed by atoms with Gasteiger partial charge >= 0.3 is 5.97 Å². The van der Waals surface area contributed by atoms with Gasteiger partial charge in [-0.1, -0.05) is 13.3 Å². The van der Waals surface area contributed by atoms with Gasteiger partial charge in [-0.3, -0.25) is 4.79 Å². The first kappa shape index (κ1) is 10.5. The van der Waals surface area contributed by atoms with Crippen molar-refractivity contribution >= 4 is 15.8 Å². The second kappa shape index (κ2) is 2.97. The van der Waals surface area contributed by atoms with Crippen LogP contribution >= 0.6 is 0 Å². The monoisotopic (exact) mass is 206 g/mol. The molecule has 5 heteroatoms. The maximum Gasteiger partial charge on any atom is 0.325 e. The molecule has 0 spiro atoms. The lowest BCUT2D eigenvalue weighted by molar-refractivity contribution is -0.141. The van der Waals surface area contributed by atoms with Crippen LogP contribution in [0, 0.1) is 5.92 Å². The molecule has 0 aromatic heterocycles. The first-order valence-electron chi connectivity index (χ1n) is 4.25. The van der Waals surface area contributed by atoms with Crippen LogP contribution in [0.3, 0.4) is 0 Å². The van der Waals surface area contributed by atoms with E-state index in [4.69, 9.17) is 5.11 Å². The van der Waals surface area contributed by atoms with Crippen molar-refractivity contribution in [3.8, 4) is 0 Å². The van der Waals surface area contributed by atoms with Crippen LogP contribution in [0.5, 0.6) is 0 Å². The van der Waals surface area contributed by atoms with E-state index in [-0.39, 0.29) is 12.3 Å². The topological polar surface area (TPSA) is 71.4 Å². The van der Waals surface area contributed by atoms with E-state index >= 15 is 0 Å². The quantitative estimate of drug-likeness (QED) is 0.721. The number of rotatable bonds is 2. The molecule has 0 bridgehead atoms. The number of hydrogen-bond donors (Lipinski definition) is 1. The molecule has 1 rings (SSSR count). The molecule has 1 aliphatic carbocycles. The maximum absolute atomic E-state index is 11.4. The minimum atomic E-state index is -3.51. The van der Waals surface area contributed by atoms with E-state index in [9.17, 15) is 13.2 Å². The smallest absolute Gasteiger partial charge is 0.325 e. The van der Waals surface area contributed by atoms with Crippen LogP contribution in [-0.2, 0) is 14.6 Å². The third-order valence-electron chi connectivity index (χ3n) is 3.01. The lowest BCUT2D eigenvalue weighted by atomic mass is 9.97. The molecule has 0 radical (unpaired) electrons. The lowest BCUT2D eigenvalue weighted by Crippen LogP contribution is -2.48. The molecule has 0 aromatic rings. The predicted octanol–water partition coefficient (Wildman–Crippen LogP) is 0.674. The number of carboxylic acids is 1. The summed E-state index contributed by atoms with van der Waals surface area (Å²) in [6, 6.07) is 0. The third-order valence-corrected chi connectivity index (χ3v) is 5.11. The summed E-state index contributed by atoms with van der Waals surface area (Å²) in [7, 11) is -3.51. The molecule has 13 heavy (non-hydrogen) atoms. The largest absolute Gasteiger partial charge is 0.480 e. The van der Waals surface area contributed by atoms with Crippen molar-refractivity contribution in [1.29, 1.82) is 0 Å². The zero-order valence-electron chi connectivity index (χ0n) is 7.78. The summed E-state index contributed by atoms with van der Waals surface area (Å²) in [6.07, 6.45) is 2.63. The van der Waals surface area contributed by atoms with Crippen molar-refractivity contribution < 1.29 is 18.3 Å². The van der Waals surface area contributed by atoms with Crippen molar-refractivity contribution in [3.63, 3.8) is 0 Å². The standard InChI is InChI=1S/C8H14O4S/c1-6-4-3-5-8(6,7(9)10)13(2,11)12/h6H,3-5H2,1-2H3,(H,9,10). The molecule has 0 saturated heterocycles. The fourth-order valence-electron chi connectivity index (χ4n) is 2.18. The fraction of sp³-hybridized carbons (Fsp3) is 0.875. The predicted molar refractivity (Wildman–Crippen MR) is 48.2 cm³/mol. The Labute approximate surface area is 77.9 Å². The van der Waals surface area contributed by atoms with Gasteiger partial charge in [-0.05, 0) is 18.8 Å². The SMILES string of the molecule is CC1CCCC1(C(=O)O)S(C)(=O)=O. The van der Waals surface area contributed by atoms with Gasteiger partial charge in [0.15, 0.2) is 14.6 Å². The number of sulfone groups is 1. The molecule has 0 amide bonds. The van der Waals surface area contributed by atoms with Gasteiger partial charge in [-0.25, -0.2) is 8.42 Å². The molecule has 2 atom stereocenters. The van der Waals surface area contributed by atoms with Crippen LogP contribution in [0.1, 0.15) is 26.2 Å². The molecule has 1 N–H and O–H groups in total. The van der Waals surface area contributed by atoms with Gasteiger partial charge < -0.3 is 5.11 Å². The normalized spacial score (nSPS) is 34.8. The summed E-state index contributed by atoms with van der Waals surface area (Å²) >= 11 is 0. The average Bonchev–Trinajstić information content (AvgIpc) is 2.29. The molecular weight excluding hydrogens is 192 g/mol. The Hall–Kier alpha value is -0.580. The number of carboxylic acid groups (broad SMARTS) is 1. The molecule has 2 unspecified atom stereocenters. The highest BCUT2D eigenvalue weighted by Gasteiger charge is 2.55. The van der Waals surface area contributed by atoms with Crippen molar-refractivity contribution in [1.82, 2.24) is 0 Å². The summed E-state index contributed by atoms with van der Waals surface area (Å²) in [5, 5.41) is 8.99. The number of hydrogen-bond acceptors (Lipinski definition) is 3. The molecule has 1 saturated carbocycles. The maximum atomic E-state index is 11.4. The molecule has 0 heterocycles. The average molecular weight is 206 g/mol. The Morgan fingerprint density at radius 3 is 2.23 bits per heavy atom. The van der Waals surface area contributed by atoms with Gasteiger partial charge in [-0.2, -0.15) is 0 Å². The minimum absolute atomic E-state index is 0.252. The Kier molecular flexibility index (Phi) is 2.40. The highest BCUT2D eigenvalue weighted by atomic mass is 32.2. The molecular formula is C8H14O4S. The van der Waals surface area contributed by atoms with Crippen molar-refractivity contribution in [2.24, 2.45) is 5.92 Å². The number of carbonyl (C=O) groups is 1. The number of aliphatic carboxylic acids is 1. The Morgan fingerprint density at radius 1 is 1.54 bits per heavy atom. The minimum Gasteiger partial charge on any atom is -0.480 e. The highest BCUT2D eigenvalue weighted by molar-refractivity contribution is 7.92. The Morgan fingerprint density at radius 2 is 2.08 bits per heavy atom. The molecule has 1 aliphatic rings. The molecule has 4 nitrogen and oxygen atoms in total. The fourth-order valence-corrected chi connectivity index (χ4v) is 3.86. The van der Waals surface area contributed by atoms with Crippen LogP contribution in [-0.4, -0.2) is 30.5 Å². The summed E-state index contributed by atoms with van der Waals surface area (Å²) in [4.78, 5) is 11.0. The molecule has 0 aromatic carbocycles. The molecule has 1 fully saturated rings. The lowest BCUT2D eigenvalue weighted by Gasteiger charge is -2.26. The van der Waals surface area contributed by atoms with Crippen molar-refractivity contribution in [2.45, 2.75) is 30.9 Å². The second-order valence-electron chi connectivity index (χ2n) is 3.76. The first-order valence-corrected chi connectivity index (χ1v) is 6.14. The molecule has 76 valence electrons. The van der Waals surface area contributed by atoms with E-state index in [1.54, 1.807) is 6.92 Å². The summed E-state index contributed by atoms with van der Waals surface area (Å²) < 4.78 is 21.3. The van der Waals surface area contributed by atoms with Crippen LogP contribution in [0.25, 0.3) is 0 Å². The van der Waals surface area contributed by atoms with E-state index in [2.05, 4.69) is 0 Å². The van der Waals surface area contributed by atoms with Crippen LogP contribution < -0.4 is 0 Å². The van der Waals surface area contributed by atoms with Gasteiger partial charge in [0.2, 0.25) is 0 Å². The third kappa shape index (κ3) is 1.35. The second-order valence-corrected chi connectivity index (χ2v) is 6.03. The zero-order valence-corrected chi connectivity index (χ0v) is 8.60. The Balaban J connectivity index is 3.25. The van der Waals surface area contributed by atoms with E-state index in [1.807, 2.05) is 0 Å². The molecule has 0 aliphatic heterocycles. The van der Waals surface area contributed by atoms with E-state index in [0.717, 1.165) is 6.26 Å². The Bertz CT molecular complexity index is 319. The van der Waals surface area contributed by atoms with Gasteiger partial charge in [0.25, 0.3) is 0 Å². The van der Waals surface area contributed by atoms with E-state index < -0.39 is 20.6 Å². The van der Waals surface area contributed by atoms with Crippen LogP contribution in [0.2, 0.25) is 0 Å². The first-order chi connectivity index (χ1) is 5.82. The van der Waals surface area contributed by atoms with Crippen molar-refractivity contribution in [2.75, 3.05) is 6.26 Å². The van der Waals surface area contributed by atoms with E-state index in [1.165, 1.54) is 0 Å². The van der Waals surface area contributed by atoms with Crippen molar-refractivity contribution in [3.05, 3.63) is 0 Å². The van der Waals surface area contributed by atoms with E-state index in [0.29, 0.717) is 12.8 Å². The van der Waals surface area contributed by atoms with Crippen LogP contribution in [0.15, 0.2) is 0 Å². The zero-order chi connectivity index (χ0) is 10.3. The highest BCUT2D eigenvalue weighted by Crippen LogP contribution is 2.41. The summed E-state index contributed by atoms with van der Waals surface area (Å²) in [6.45, 7) is 1.70. The van der Waals surface area contributed by atoms with Gasteiger partial charge in [-0.15, -0.1) is 0 Å². The summed E-state index contributed by atoms with van der Waals surface area (Å²) in [5.41, 5.74) is 0.